The number of carboxylic acids is 1. The Kier molecular flexibility index (Phi) is 7.52. The highest BCUT2D eigenvalue weighted by Crippen LogP contribution is 2.28. The predicted molar refractivity (Wildman–Crippen MR) is 128 cm³/mol. The molecule has 0 aliphatic heterocycles. The number of ether oxygens (including phenoxy) is 1. The summed E-state index contributed by atoms with van der Waals surface area (Å²) >= 11 is 0. The molecule has 1 aliphatic rings. The van der Waals surface area contributed by atoms with Crippen molar-refractivity contribution in [1.29, 1.82) is 0 Å². The molecular weight excluding hydrogens is 432 g/mol. The van der Waals surface area contributed by atoms with Crippen LogP contribution in [0.5, 0.6) is 5.75 Å². The summed E-state index contributed by atoms with van der Waals surface area (Å²) in [4.78, 5) is 40.0. The number of rotatable bonds is 9. The first-order valence-electron chi connectivity index (χ1n) is 11.6. The summed E-state index contributed by atoms with van der Waals surface area (Å²) in [7, 11) is 0. The molecule has 0 spiro atoms. The van der Waals surface area contributed by atoms with Crippen molar-refractivity contribution in [2.24, 2.45) is 5.92 Å². The van der Waals surface area contributed by atoms with Gasteiger partial charge in [0, 0.05) is 41.9 Å². The largest absolute Gasteiger partial charge is 0.490 e. The first-order valence-corrected chi connectivity index (χ1v) is 11.6. The third-order valence-corrected chi connectivity index (χ3v) is 6.27. The van der Waals surface area contributed by atoms with E-state index in [1.165, 1.54) is 0 Å². The molecule has 1 saturated carbocycles. The minimum atomic E-state index is -0.730. The maximum absolute atomic E-state index is 12.5. The van der Waals surface area contributed by atoms with Gasteiger partial charge < -0.3 is 15.2 Å². The van der Waals surface area contributed by atoms with E-state index >= 15 is 0 Å². The van der Waals surface area contributed by atoms with E-state index in [2.05, 4.69) is 10.3 Å². The number of amides is 1. The summed E-state index contributed by atoms with van der Waals surface area (Å²) in [5.41, 5.74) is 1.18. The quantitative estimate of drug-likeness (QED) is 0.356. The van der Waals surface area contributed by atoms with Gasteiger partial charge >= 0.3 is 5.97 Å². The van der Waals surface area contributed by atoms with Gasteiger partial charge in [0.25, 0.3) is 5.91 Å². The highest BCUT2D eigenvalue weighted by atomic mass is 16.5. The predicted octanol–water partition coefficient (Wildman–Crippen LogP) is 4.65. The maximum Gasteiger partial charge on any atom is 0.306 e. The molecule has 7 heteroatoms. The second kappa shape index (κ2) is 10.9. The molecule has 0 radical (unpaired) electrons. The van der Waals surface area contributed by atoms with Crippen molar-refractivity contribution in [3.8, 4) is 5.75 Å². The highest BCUT2D eigenvalue weighted by molar-refractivity contribution is 5.98. The average Bonchev–Trinajstić information content (AvgIpc) is 2.87. The minimum Gasteiger partial charge on any atom is -0.490 e. The van der Waals surface area contributed by atoms with E-state index in [1.54, 1.807) is 42.7 Å². The lowest BCUT2D eigenvalue weighted by atomic mass is 9.87. The Hall–Kier alpha value is -3.74. The van der Waals surface area contributed by atoms with E-state index in [0.717, 1.165) is 23.6 Å². The van der Waals surface area contributed by atoms with Gasteiger partial charge in [0.15, 0.2) is 5.78 Å². The van der Waals surface area contributed by atoms with Crippen LogP contribution in [0.15, 0.2) is 60.9 Å². The smallest absolute Gasteiger partial charge is 0.306 e. The molecular formula is C27H28N2O5. The van der Waals surface area contributed by atoms with E-state index < -0.39 is 5.97 Å². The summed E-state index contributed by atoms with van der Waals surface area (Å²) in [5, 5.41) is 13.9. The molecule has 1 amide bonds. The number of carbonyl (C=O) groups is 3. The van der Waals surface area contributed by atoms with Gasteiger partial charge in [-0.05, 0) is 80.0 Å². The number of Topliss-reactive ketones (excluding diaryl/α,β-unsaturated/α-hetero) is 1. The number of hydrogen-bond donors (Lipinski definition) is 2. The van der Waals surface area contributed by atoms with E-state index in [0.29, 0.717) is 49.1 Å². The standard InChI is InChI=1S/C27H28N2O5/c30-25(2-1-14-29-26(31)21-4-3-18-13-15-28-17-22(18)16-21)19-5-9-23(10-6-19)34-24-11-7-20(8-12-24)27(32)33/h3-6,9-10,13,15-17,20,24H,1-2,7-8,11-12,14H2,(H,29,31)(H,32,33). The number of carboxylic acid groups (broad SMARTS) is 1. The molecule has 34 heavy (non-hydrogen) atoms. The number of nitrogens with zero attached hydrogens (tertiary/aromatic N) is 1. The Balaban J connectivity index is 1.19. The summed E-state index contributed by atoms with van der Waals surface area (Å²) < 4.78 is 5.96. The lowest BCUT2D eigenvalue weighted by Gasteiger charge is -2.26. The number of nitrogens with one attached hydrogen (secondary N) is 1. The lowest BCUT2D eigenvalue weighted by Crippen LogP contribution is -2.27. The van der Waals surface area contributed by atoms with Crippen molar-refractivity contribution in [2.45, 2.75) is 44.6 Å². The Morgan fingerprint density at radius 1 is 0.941 bits per heavy atom. The maximum atomic E-state index is 12.5. The summed E-state index contributed by atoms with van der Waals surface area (Å²) in [6.45, 7) is 0.413. The van der Waals surface area contributed by atoms with Crippen LogP contribution in [-0.2, 0) is 4.79 Å². The molecule has 0 bridgehead atoms. The second-order valence-corrected chi connectivity index (χ2v) is 8.67. The molecule has 1 fully saturated rings. The number of aromatic nitrogens is 1. The van der Waals surface area contributed by atoms with Crippen LogP contribution in [0, 0.1) is 5.92 Å². The molecule has 1 heterocycles. The molecule has 4 rings (SSSR count). The third-order valence-electron chi connectivity index (χ3n) is 6.27. The average molecular weight is 461 g/mol. The van der Waals surface area contributed by atoms with Crippen molar-refractivity contribution >= 4 is 28.4 Å². The number of carbonyl (C=O) groups excluding carboxylic acids is 2. The van der Waals surface area contributed by atoms with Crippen molar-refractivity contribution in [1.82, 2.24) is 10.3 Å². The Bertz CT molecular complexity index is 1170. The van der Waals surface area contributed by atoms with Crippen LogP contribution in [0.3, 0.4) is 0 Å². The summed E-state index contributed by atoms with van der Waals surface area (Å²) in [5.74, 6) is -0.466. The summed E-state index contributed by atoms with van der Waals surface area (Å²) in [6, 6.07) is 14.5. The molecule has 0 unspecified atom stereocenters. The van der Waals surface area contributed by atoms with Crippen LogP contribution in [0.25, 0.3) is 10.8 Å². The van der Waals surface area contributed by atoms with Gasteiger partial charge in [0.1, 0.15) is 5.75 Å². The number of hydrogen-bond acceptors (Lipinski definition) is 5. The molecule has 3 aromatic rings. The topological polar surface area (TPSA) is 106 Å². The number of pyridine rings is 1. The number of benzene rings is 2. The monoisotopic (exact) mass is 460 g/mol. The van der Waals surface area contributed by atoms with Gasteiger partial charge in [0.2, 0.25) is 0 Å². The summed E-state index contributed by atoms with van der Waals surface area (Å²) in [6.07, 6.45) is 7.04. The molecule has 0 atom stereocenters. The molecule has 1 aromatic heterocycles. The van der Waals surface area contributed by atoms with Crippen LogP contribution < -0.4 is 10.1 Å². The van der Waals surface area contributed by atoms with Crippen LogP contribution >= 0.6 is 0 Å². The SMILES string of the molecule is O=C(CCCNC(=O)c1ccc2ccncc2c1)c1ccc(OC2CCC(C(=O)O)CC2)cc1. The zero-order chi connectivity index (χ0) is 23.9. The van der Waals surface area contributed by atoms with Gasteiger partial charge in [-0.1, -0.05) is 6.07 Å². The molecule has 7 nitrogen and oxygen atoms in total. The minimum absolute atomic E-state index is 0.0135. The Morgan fingerprint density at radius 2 is 1.68 bits per heavy atom. The number of aliphatic carboxylic acids is 1. The third kappa shape index (κ3) is 5.98. The molecule has 0 saturated heterocycles. The Labute approximate surface area is 198 Å². The fourth-order valence-electron chi connectivity index (χ4n) is 4.26. The van der Waals surface area contributed by atoms with Crippen LogP contribution in [0.1, 0.15) is 59.2 Å². The molecule has 176 valence electrons. The van der Waals surface area contributed by atoms with Gasteiger partial charge in [-0.3, -0.25) is 19.4 Å². The van der Waals surface area contributed by atoms with Crippen molar-refractivity contribution < 1.29 is 24.2 Å². The van der Waals surface area contributed by atoms with Gasteiger partial charge in [0.05, 0.1) is 12.0 Å². The zero-order valence-electron chi connectivity index (χ0n) is 18.9. The van der Waals surface area contributed by atoms with Crippen LogP contribution in [0.4, 0.5) is 0 Å². The van der Waals surface area contributed by atoms with Gasteiger partial charge in [-0.25, -0.2) is 0 Å². The zero-order valence-corrected chi connectivity index (χ0v) is 18.9. The normalized spacial score (nSPS) is 17.8. The first kappa shape index (κ1) is 23.4. The molecule has 2 aromatic carbocycles. The first-order chi connectivity index (χ1) is 16.5. The fourth-order valence-corrected chi connectivity index (χ4v) is 4.26. The van der Waals surface area contributed by atoms with Crippen molar-refractivity contribution in [3.63, 3.8) is 0 Å². The van der Waals surface area contributed by atoms with Gasteiger partial charge in [-0.15, -0.1) is 0 Å². The van der Waals surface area contributed by atoms with E-state index in [4.69, 9.17) is 9.84 Å². The van der Waals surface area contributed by atoms with E-state index in [1.807, 2.05) is 18.2 Å². The second-order valence-electron chi connectivity index (χ2n) is 8.67. The van der Waals surface area contributed by atoms with Crippen LogP contribution in [-0.4, -0.2) is 40.4 Å². The van der Waals surface area contributed by atoms with Crippen molar-refractivity contribution in [2.75, 3.05) is 6.54 Å². The number of fused-ring (bicyclic) bond motifs is 1. The Morgan fingerprint density at radius 3 is 2.41 bits per heavy atom. The van der Waals surface area contributed by atoms with Gasteiger partial charge in [-0.2, -0.15) is 0 Å². The highest BCUT2D eigenvalue weighted by Gasteiger charge is 2.26. The fraction of sp³-hybridized carbons (Fsp3) is 0.333. The van der Waals surface area contributed by atoms with Crippen molar-refractivity contribution in [3.05, 3.63) is 72.1 Å². The molecule has 1 aliphatic carbocycles. The van der Waals surface area contributed by atoms with Crippen LogP contribution in [0.2, 0.25) is 0 Å². The molecule has 2 N–H and O–H groups in total. The van der Waals surface area contributed by atoms with E-state index in [9.17, 15) is 14.4 Å². The van der Waals surface area contributed by atoms with E-state index in [-0.39, 0.29) is 23.7 Å². The lowest BCUT2D eigenvalue weighted by molar-refractivity contribution is -0.143. The number of ketones is 1.